The highest BCUT2D eigenvalue weighted by molar-refractivity contribution is 4.71. The van der Waals surface area contributed by atoms with Gasteiger partial charge in [-0.25, -0.2) is 5.64 Å². The highest BCUT2D eigenvalue weighted by Crippen LogP contribution is 2.21. The minimum absolute atomic E-state index is 0.234. The molecule has 0 saturated carbocycles. The third-order valence-electron chi connectivity index (χ3n) is 4.14. The van der Waals surface area contributed by atoms with Crippen molar-refractivity contribution < 1.29 is 10.5 Å². The lowest BCUT2D eigenvalue weighted by Crippen LogP contribution is -2.79. The third-order valence-corrected chi connectivity index (χ3v) is 4.14. The molecule has 0 aromatic rings. The van der Waals surface area contributed by atoms with Crippen LogP contribution in [0.4, 0.5) is 0 Å². The molecule has 0 aromatic heterocycles. The minimum Gasteiger partial charge on any atom is -0.601 e. The summed E-state index contributed by atoms with van der Waals surface area (Å²) in [5.41, 5.74) is 0.363. The monoisotopic (exact) mass is 273 g/mol. The molecular weight excluding hydrogens is 238 g/mol. The van der Waals surface area contributed by atoms with E-state index in [0.29, 0.717) is 5.64 Å². The van der Waals surface area contributed by atoms with Gasteiger partial charge < -0.3 is 5.21 Å². The second kappa shape index (κ2) is 12.9. The standard InChI is InChI=1S/C16H35NO2/c1-4-6-7-8-9-10-11-12-13-14-15-16(3,5-2)19-17-18/h4-15,17H2,1-3H3. The maximum Gasteiger partial charge on any atom is 0.124 e. The van der Waals surface area contributed by atoms with E-state index < -0.39 is 0 Å². The van der Waals surface area contributed by atoms with Crippen molar-refractivity contribution in [2.75, 3.05) is 0 Å². The summed E-state index contributed by atoms with van der Waals surface area (Å²) >= 11 is 0. The van der Waals surface area contributed by atoms with Crippen LogP contribution in [-0.2, 0) is 4.84 Å². The fourth-order valence-electron chi connectivity index (χ4n) is 2.42. The van der Waals surface area contributed by atoms with Crippen LogP contribution in [0.2, 0.25) is 0 Å². The smallest absolute Gasteiger partial charge is 0.124 e. The highest BCUT2D eigenvalue weighted by atomic mass is 16.8. The van der Waals surface area contributed by atoms with E-state index in [1.165, 1.54) is 64.2 Å². The first kappa shape index (κ1) is 18.9. The lowest BCUT2D eigenvalue weighted by molar-refractivity contribution is -0.869. The number of hydrogen-bond acceptors (Lipinski definition) is 2. The van der Waals surface area contributed by atoms with Crippen LogP contribution < -0.4 is 5.64 Å². The minimum atomic E-state index is -0.234. The van der Waals surface area contributed by atoms with Gasteiger partial charge in [0.1, 0.15) is 5.60 Å². The van der Waals surface area contributed by atoms with Crippen LogP contribution in [0.5, 0.6) is 0 Å². The van der Waals surface area contributed by atoms with E-state index in [1.807, 2.05) is 6.92 Å². The second-order valence-electron chi connectivity index (χ2n) is 5.95. The zero-order chi connectivity index (χ0) is 14.4. The molecule has 0 aliphatic heterocycles. The van der Waals surface area contributed by atoms with Crippen LogP contribution in [0.3, 0.4) is 0 Å². The van der Waals surface area contributed by atoms with Gasteiger partial charge in [0, 0.05) is 0 Å². The first-order chi connectivity index (χ1) is 9.18. The van der Waals surface area contributed by atoms with Gasteiger partial charge in [-0.2, -0.15) is 4.84 Å². The number of hydrogen-bond donors (Lipinski definition) is 1. The van der Waals surface area contributed by atoms with E-state index in [0.717, 1.165) is 12.8 Å². The number of quaternary nitrogens is 1. The zero-order valence-corrected chi connectivity index (χ0v) is 13.4. The van der Waals surface area contributed by atoms with Gasteiger partial charge >= 0.3 is 0 Å². The first-order valence-electron chi connectivity index (χ1n) is 8.30. The molecule has 0 aliphatic rings. The Morgan fingerprint density at radius 1 is 0.842 bits per heavy atom. The van der Waals surface area contributed by atoms with E-state index in [4.69, 9.17) is 4.84 Å². The van der Waals surface area contributed by atoms with Crippen LogP contribution in [0.1, 0.15) is 97.8 Å². The summed E-state index contributed by atoms with van der Waals surface area (Å²) < 4.78 is 0. The van der Waals surface area contributed by atoms with Gasteiger partial charge in [0.2, 0.25) is 0 Å². The van der Waals surface area contributed by atoms with Crippen molar-refractivity contribution in [2.24, 2.45) is 0 Å². The van der Waals surface area contributed by atoms with Crippen molar-refractivity contribution in [3.05, 3.63) is 5.21 Å². The Labute approximate surface area is 120 Å². The van der Waals surface area contributed by atoms with Crippen LogP contribution in [0.15, 0.2) is 0 Å². The fraction of sp³-hybridized carbons (Fsp3) is 1.00. The molecule has 0 heterocycles. The van der Waals surface area contributed by atoms with Crippen molar-refractivity contribution in [1.29, 1.82) is 0 Å². The zero-order valence-electron chi connectivity index (χ0n) is 13.4. The van der Waals surface area contributed by atoms with Gasteiger partial charge in [-0.15, -0.1) is 0 Å². The molecule has 0 aliphatic carbocycles. The molecule has 0 amide bonds. The summed E-state index contributed by atoms with van der Waals surface area (Å²) in [5.74, 6) is 0. The van der Waals surface area contributed by atoms with Gasteiger partial charge in [-0.3, -0.25) is 0 Å². The average molecular weight is 273 g/mol. The number of unbranched alkanes of at least 4 members (excludes halogenated alkanes) is 9. The molecule has 3 heteroatoms. The van der Waals surface area contributed by atoms with Crippen LogP contribution in [-0.4, -0.2) is 5.60 Å². The SMILES string of the molecule is CCCCCCCCCCCCC(C)(CC)O[NH2+][O-]. The van der Waals surface area contributed by atoms with Crippen LogP contribution in [0.25, 0.3) is 0 Å². The molecule has 0 fully saturated rings. The predicted molar refractivity (Wildman–Crippen MR) is 81.5 cm³/mol. The third kappa shape index (κ3) is 11.4. The summed E-state index contributed by atoms with van der Waals surface area (Å²) in [5, 5.41) is 10.4. The van der Waals surface area contributed by atoms with Crippen molar-refractivity contribution in [3.63, 3.8) is 0 Å². The molecule has 1 atom stereocenters. The van der Waals surface area contributed by atoms with Gasteiger partial charge in [-0.1, -0.05) is 78.1 Å². The Kier molecular flexibility index (Phi) is 12.8. The molecule has 0 aromatic carbocycles. The van der Waals surface area contributed by atoms with E-state index in [-0.39, 0.29) is 5.60 Å². The molecular formula is C16H35NO2. The van der Waals surface area contributed by atoms with Crippen LogP contribution >= 0.6 is 0 Å². The number of rotatable bonds is 14. The molecule has 116 valence electrons. The Morgan fingerprint density at radius 2 is 1.32 bits per heavy atom. The topological polar surface area (TPSA) is 48.9 Å². The number of nitrogens with two attached hydrogens (primary N) is 1. The summed E-state index contributed by atoms with van der Waals surface area (Å²) in [6.07, 6.45) is 15.4. The quantitative estimate of drug-likeness (QED) is 0.375. The Balaban J connectivity index is 3.30. The molecule has 0 saturated heterocycles. The molecule has 0 rings (SSSR count). The maximum atomic E-state index is 10.4. The molecule has 3 nitrogen and oxygen atoms in total. The molecule has 19 heavy (non-hydrogen) atoms. The van der Waals surface area contributed by atoms with Crippen molar-refractivity contribution in [3.8, 4) is 0 Å². The average Bonchev–Trinajstić information content (AvgIpc) is 2.41. The van der Waals surface area contributed by atoms with E-state index >= 15 is 0 Å². The van der Waals surface area contributed by atoms with E-state index in [9.17, 15) is 5.21 Å². The summed E-state index contributed by atoms with van der Waals surface area (Å²) in [6, 6.07) is 0. The van der Waals surface area contributed by atoms with E-state index in [1.54, 1.807) is 0 Å². The molecule has 0 spiro atoms. The van der Waals surface area contributed by atoms with Gasteiger partial charge in [0.05, 0.1) is 0 Å². The lowest BCUT2D eigenvalue weighted by Gasteiger charge is -2.25. The first-order valence-corrected chi connectivity index (χ1v) is 8.30. The van der Waals surface area contributed by atoms with Gasteiger partial charge in [-0.05, 0) is 19.8 Å². The van der Waals surface area contributed by atoms with Crippen molar-refractivity contribution in [1.82, 2.24) is 0 Å². The summed E-state index contributed by atoms with van der Waals surface area (Å²) in [6.45, 7) is 6.38. The highest BCUT2D eigenvalue weighted by Gasteiger charge is 2.24. The second-order valence-corrected chi connectivity index (χ2v) is 5.95. The van der Waals surface area contributed by atoms with Crippen molar-refractivity contribution in [2.45, 2.75) is 103 Å². The maximum absolute atomic E-state index is 10.4. The van der Waals surface area contributed by atoms with Gasteiger partial charge in [0.15, 0.2) is 0 Å². The predicted octanol–water partition coefficient (Wildman–Crippen LogP) is 4.46. The summed E-state index contributed by atoms with van der Waals surface area (Å²) in [7, 11) is 0. The molecule has 1 unspecified atom stereocenters. The Hall–Kier alpha value is -0.120. The van der Waals surface area contributed by atoms with Crippen LogP contribution in [0, 0.1) is 5.21 Å². The molecule has 2 N–H and O–H groups in total. The summed E-state index contributed by atoms with van der Waals surface area (Å²) in [4.78, 5) is 5.18. The lowest BCUT2D eigenvalue weighted by atomic mass is 9.95. The fourth-order valence-corrected chi connectivity index (χ4v) is 2.42. The normalized spacial score (nSPS) is 14.5. The van der Waals surface area contributed by atoms with E-state index in [2.05, 4.69) is 13.8 Å². The Morgan fingerprint density at radius 3 is 1.74 bits per heavy atom. The molecule has 0 bridgehead atoms. The largest absolute Gasteiger partial charge is 0.601 e. The Bertz CT molecular complexity index is 188. The van der Waals surface area contributed by atoms with Gasteiger partial charge in [0.25, 0.3) is 0 Å². The van der Waals surface area contributed by atoms with Crippen molar-refractivity contribution >= 4 is 0 Å². The molecule has 0 radical (unpaired) electrons.